The Labute approximate surface area is 153 Å². The number of aliphatic hydroxyl groups excluding tert-OH is 1. The number of rotatable bonds is 14. The minimum atomic E-state index is -0.758. The quantitative estimate of drug-likeness (QED) is 0.343. The fraction of sp³-hybridized carbons (Fsp3) is 0.591. The predicted octanol–water partition coefficient (Wildman–Crippen LogP) is 5.77. The van der Waals surface area contributed by atoms with Gasteiger partial charge in [-0.25, -0.2) is 0 Å². The first-order chi connectivity index (χ1) is 12.2. The first-order valence-corrected chi connectivity index (χ1v) is 9.68. The van der Waals surface area contributed by atoms with Gasteiger partial charge in [-0.3, -0.25) is 4.79 Å². The molecule has 3 heteroatoms. The van der Waals surface area contributed by atoms with Crippen LogP contribution in [0.4, 0.5) is 0 Å². The SMILES string of the molecule is CCCCCCCCCC/C=C/C(=O)CC(O)c1ccc(OC)cc1. The summed E-state index contributed by atoms with van der Waals surface area (Å²) in [6.07, 6.45) is 14.2. The van der Waals surface area contributed by atoms with Crippen LogP contribution in [0.1, 0.15) is 82.8 Å². The standard InChI is InChI=1S/C22H34O3/c1-3-4-5-6-7-8-9-10-11-12-13-20(23)18-22(24)19-14-16-21(25-2)17-15-19/h12-17,22,24H,3-11,18H2,1-2H3/b13-12+. The van der Waals surface area contributed by atoms with E-state index < -0.39 is 6.10 Å². The lowest BCUT2D eigenvalue weighted by Gasteiger charge is -2.09. The molecule has 0 fully saturated rings. The van der Waals surface area contributed by atoms with Gasteiger partial charge < -0.3 is 9.84 Å². The molecule has 1 aromatic carbocycles. The van der Waals surface area contributed by atoms with Crippen LogP contribution in [0.25, 0.3) is 0 Å². The lowest BCUT2D eigenvalue weighted by Crippen LogP contribution is -2.04. The topological polar surface area (TPSA) is 46.5 Å². The third kappa shape index (κ3) is 10.1. The number of ether oxygens (including phenoxy) is 1. The van der Waals surface area contributed by atoms with E-state index in [0.29, 0.717) is 0 Å². The normalized spacial score (nSPS) is 12.4. The van der Waals surface area contributed by atoms with E-state index in [-0.39, 0.29) is 12.2 Å². The molecule has 140 valence electrons. The van der Waals surface area contributed by atoms with Gasteiger partial charge in [0.1, 0.15) is 5.75 Å². The average molecular weight is 347 g/mol. The number of benzene rings is 1. The van der Waals surface area contributed by atoms with Crippen LogP contribution in [-0.4, -0.2) is 18.0 Å². The molecule has 0 aromatic heterocycles. The highest BCUT2D eigenvalue weighted by Gasteiger charge is 2.11. The summed E-state index contributed by atoms with van der Waals surface area (Å²) in [7, 11) is 1.60. The Kier molecular flexibility index (Phi) is 11.7. The third-order valence-electron chi connectivity index (χ3n) is 4.42. The first-order valence-electron chi connectivity index (χ1n) is 9.68. The van der Waals surface area contributed by atoms with Crippen LogP contribution in [0, 0.1) is 0 Å². The molecule has 3 nitrogen and oxygen atoms in total. The summed E-state index contributed by atoms with van der Waals surface area (Å²) in [6.45, 7) is 2.24. The van der Waals surface area contributed by atoms with Crippen LogP contribution in [0.5, 0.6) is 5.75 Å². The highest BCUT2D eigenvalue weighted by atomic mass is 16.5. The molecule has 1 unspecified atom stereocenters. The second-order valence-electron chi connectivity index (χ2n) is 6.63. The van der Waals surface area contributed by atoms with E-state index in [1.165, 1.54) is 44.9 Å². The molecule has 25 heavy (non-hydrogen) atoms. The van der Waals surface area contributed by atoms with Crippen LogP contribution < -0.4 is 4.74 Å². The van der Waals surface area contributed by atoms with Crippen molar-refractivity contribution in [3.63, 3.8) is 0 Å². The third-order valence-corrected chi connectivity index (χ3v) is 4.42. The zero-order valence-corrected chi connectivity index (χ0v) is 15.9. The molecule has 0 amide bonds. The Morgan fingerprint density at radius 1 is 1.04 bits per heavy atom. The summed E-state index contributed by atoms with van der Waals surface area (Å²) in [5.74, 6) is 0.718. The van der Waals surface area contributed by atoms with Gasteiger partial charge in [0.15, 0.2) is 5.78 Å². The summed E-state index contributed by atoms with van der Waals surface area (Å²) in [5, 5.41) is 10.1. The number of ketones is 1. The zero-order chi connectivity index (χ0) is 18.3. The van der Waals surface area contributed by atoms with Crippen molar-refractivity contribution in [1.82, 2.24) is 0 Å². The number of hydrogen-bond acceptors (Lipinski definition) is 3. The Hall–Kier alpha value is -1.61. The number of unbranched alkanes of at least 4 members (excludes halogenated alkanes) is 8. The minimum Gasteiger partial charge on any atom is -0.497 e. The molecule has 0 radical (unpaired) electrons. The van der Waals surface area contributed by atoms with Gasteiger partial charge >= 0.3 is 0 Å². The van der Waals surface area contributed by atoms with Crippen molar-refractivity contribution in [2.24, 2.45) is 0 Å². The van der Waals surface area contributed by atoms with E-state index in [0.717, 1.165) is 24.2 Å². The molecule has 0 aliphatic carbocycles. The molecule has 0 saturated heterocycles. The van der Waals surface area contributed by atoms with Gasteiger partial charge in [0.2, 0.25) is 0 Å². The number of carbonyl (C=O) groups is 1. The van der Waals surface area contributed by atoms with Crippen LogP contribution in [0.2, 0.25) is 0 Å². The van der Waals surface area contributed by atoms with Crippen molar-refractivity contribution >= 4 is 5.78 Å². The van der Waals surface area contributed by atoms with Gasteiger partial charge in [-0.2, -0.15) is 0 Å². The monoisotopic (exact) mass is 346 g/mol. The number of hydrogen-bond donors (Lipinski definition) is 1. The Morgan fingerprint density at radius 2 is 1.64 bits per heavy atom. The van der Waals surface area contributed by atoms with Gasteiger partial charge in [-0.05, 0) is 36.6 Å². The molecule has 1 aromatic rings. The molecular weight excluding hydrogens is 312 g/mol. The van der Waals surface area contributed by atoms with E-state index in [1.54, 1.807) is 37.5 Å². The molecule has 1 N–H and O–H groups in total. The fourth-order valence-corrected chi connectivity index (χ4v) is 2.81. The van der Waals surface area contributed by atoms with E-state index in [2.05, 4.69) is 6.92 Å². The van der Waals surface area contributed by atoms with Crippen molar-refractivity contribution in [1.29, 1.82) is 0 Å². The van der Waals surface area contributed by atoms with Crippen LogP contribution >= 0.6 is 0 Å². The molecule has 1 rings (SSSR count). The Morgan fingerprint density at radius 3 is 2.24 bits per heavy atom. The smallest absolute Gasteiger partial charge is 0.158 e. The van der Waals surface area contributed by atoms with Gasteiger partial charge in [-0.1, -0.05) is 70.1 Å². The second kappa shape index (κ2) is 13.7. The number of allylic oxidation sites excluding steroid dienone is 2. The molecular formula is C22H34O3. The van der Waals surface area contributed by atoms with Crippen molar-refractivity contribution in [3.05, 3.63) is 42.0 Å². The van der Waals surface area contributed by atoms with Gasteiger partial charge in [0.05, 0.1) is 13.2 Å². The van der Waals surface area contributed by atoms with E-state index >= 15 is 0 Å². The highest BCUT2D eigenvalue weighted by Crippen LogP contribution is 2.20. The Bertz CT molecular complexity index is 490. The van der Waals surface area contributed by atoms with Crippen LogP contribution in [0.15, 0.2) is 36.4 Å². The molecule has 0 saturated carbocycles. The molecule has 1 atom stereocenters. The Balaban J connectivity index is 2.13. The number of aliphatic hydroxyl groups is 1. The summed E-state index contributed by atoms with van der Waals surface area (Å²) >= 11 is 0. The van der Waals surface area contributed by atoms with Gasteiger partial charge in [0.25, 0.3) is 0 Å². The van der Waals surface area contributed by atoms with Gasteiger partial charge in [-0.15, -0.1) is 0 Å². The fourth-order valence-electron chi connectivity index (χ4n) is 2.81. The highest BCUT2D eigenvalue weighted by molar-refractivity contribution is 5.90. The van der Waals surface area contributed by atoms with E-state index in [4.69, 9.17) is 4.74 Å². The molecule has 0 bridgehead atoms. The maximum absolute atomic E-state index is 11.9. The lowest BCUT2D eigenvalue weighted by molar-refractivity contribution is -0.116. The summed E-state index contributed by atoms with van der Waals surface area (Å²) in [5.41, 5.74) is 0.741. The predicted molar refractivity (Wildman–Crippen MR) is 104 cm³/mol. The summed E-state index contributed by atoms with van der Waals surface area (Å²) in [4.78, 5) is 11.9. The van der Waals surface area contributed by atoms with Crippen molar-refractivity contribution in [2.75, 3.05) is 7.11 Å². The summed E-state index contributed by atoms with van der Waals surface area (Å²) in [6, 6.07) is 7.17. The molecule has 0 heterocycles. The lowest BCUT2D eigenvalue weighted by atomic mass is 10.0. The van der Waals surface area contributed by atoms with Crippen molar-refractivity contribution in [2.45, 2.75) is 77.2 Å². The number of carbonyl (C=O) groups excluding carboxylic acids is 1. The van der Waals surface area contributed by atoms with Crippen molar-refractivity contribution in [3.8, 4) is 5.75 Å². The summed E-state index contributed by atoms with van der Waals surface area (Å²) < 4.78 is 5.09. The van der Waals surface area contributed by atoms with Crippen LogP contribution in [0.3, 0.4) is 0 Å². The van der Waals surface area contributed by atoms with Gasteiger partial charge in [0, 0.05) is 6.42 Å². The molecule has 0 spiro atoms. The van der Waals surface area contributed by atoms with Crippen LogP contribution in [-0.2, 0) is 4.79 Å². The largest absolute Gasteiger partial charge is 0.497 e. The first kappa shape index (κ1) is 21.4. The number of methoxy groups -OCH3 is 1. The molecule has 0 aliphatic heterocycles. The zero-order valence-electron chi connectivity index (χ0n) is 15.9. The van der Waals surface area contributed by atoms with Crippen molar-refractivity contribution < 1.29 is 14.6 Å². The maximum Gasteiger partial charge on any atom is 0.158 e. The second-order valence-corrected chi connectivity index (χ2v) is 6.63. The molecule has 0 aliphatic rings. The average Bonchev–Trinajstić information content (AvgIpc) is 2.63. The van der Waals surface area contributed by atoms with E-state index in [1.807, 2.05) is 6.08 Å². The minimum absolute atomic E-state index is 0.0251. The van der Waals surface area contributed by atoms with E-state index in [9.17, 15) is 9.90 Å². The maximum atomic E-state index is 11.9.